The molecular weight excluding hydrogens is 493 g/mol. The van der Waals surface area contributed by atoms with Crippen molar-refractivity contribution in [3.63, 3.8) is 0 Å². The number of benzene rings is 2. The van der Waals surface area contributed by atoms with Gasteiger partial charge in [-0.1, -0.05) is 60.6 Å². The van der Waals surface area contributed by atoms with Gasteiger partial charge in [-0.15, -0.1) is 0 Å². The highest BCUT2D eigenvalue weighted by molar-refractivity contribution is 7.85. The lowest BCUT2D eigenvalue weighted by molar-refractivity contribution is 0.0599. The molecule has 0 aliphatic heterocycles. The van der Waals surface area contributed by atoms with Crippen LogP contribution in [0, 0.1) is 28.3 Å². The van der Waals surface area contributed by atoms with Gasteiger partial charge in [-0.2, -0.15) is 8.42 Å². The molecule has 5 nitrogen and oxygen atoms in total. The van der Waals surface area contributed by atoms with Crippen LogP contribution in [0.4, 0.5) is 13.2 Å². The lowest BCUT2D eigenvalue weighted by Gasteiger charge is -2.36. The van der Waals surface area contributed by atoms with E-state index >= 15 is 4.39 Å². The Hall–Kier alpha value is -2.39. The number of hydrogen-bond donors (Lipinski definition) is 1. The second-order valence-corrected chi connectivity index (χ2v) is 12.7. The van der Waals surface area contributed by atoms with Crippen LogP contribution in [0.3, 0.4) is 0 Å². The zero-order valence-electron chi connectivity index (χ0n) is 22.1. The van der Waals surface area contributed by atoms with Crippen LogP contribution < -0.4 is 0 Å². The Balaban J connectivity index is 2.74. The molecule has 0 aliphatic rings. The van der Waals surface area contributed by atoms with Crippen molar-refractivity contribution in [1.29, 1.82) is 0 Å². The van der Waals surface area contributed by atoms with Crippen LogP contribution in [0.2, 0.25) is 0 Å². The van der Waals surface area contributed by atoms with E-state index in [1.54, 1.807) is 18.2 Å². The highest BCUT2D eigenvalue weighted by atomic mass is 32.2. The minimum Gasteiger partial charge on any atom is -0.465 e. The fourth-order valence-electron chi connectivity index (χ4n) is 4.47. The summed E-state index contributed by atoms with van der Waals surface area (Å²) >= 11 is 0. The van der Waals surface area contributed by atoms with Crippen LogP contribution in [-0.4, -0.2) is 26.0 Å². The Kier molecular flexibility index (Phi) is 8.73. The summed E-state index contributed by atoms with van der Waals surface area (Å²) in [6, 6.07) is 4.98. The third-order valence-electron chi connectivity index (χ3n) is 6.24. The Morgan fingerprint density at radius 1 is 1.00 bits per heavy atom. The van der Waals surface area contributed by atoms with Crippen LogP contribution in [0.15, 0.2) is 23.1 Å². The number of carbonyl (C=O) groups excluding carboxylic acids is 1. The molecule has 1 unspecified atom stereocenters. The largest absolute Gasteiger partial charge is 0.465 e. The van der Waals surface area contributed by atoms with Gasteiger partial charge in [0.15, 0.2) is 11.6 Å². The van der Waals surface area contributed by atoms with E-state index in [4.69, 9.17) is 4.74 Å². The van der Waals surface area contributed by atoms with Crippen molar-refractivity contribution in [3.05, 3.63) is 63.5 Å². The number of esters is 1. The van der Waals surface area contributed by atoms with E-state index in [9.17, 15) is 26.5 Å². The van der Waals surface area contributed by atoms with Crippen molar-refractivity contribution < 1.29 is 35.7 Å². The molecule has 36 heavy (non-hydrogen) atoms. The maximum Gasteiger partial charge on any atom is 0.338 e. The first-order chi connectivity index (χ1) is 16.3. The standard InChI is InChI=1S/C27H35F3O5S/c1-9-17-21(28)19(22(29)23(30)24(17)36(32,33)34)12-15-10-11-16(13-18(15)25(31)35-8)20(27(5,6)7)14-26(2,3)4/h10-11,13,20H,9,12,14H2,1-8H3,(H,32,33,34). The van der Waals surface area contributed by atoms with Crippen molar-refractivity contribution in [1.82, 2.24) is 0 Å². The average molecular weight is 529 g/mol. The molecule has 0 aromatic heterocycles. The smallest absolute Gasteiger partial charge is 0.338 e. The zero-order chi connectivity index (χ0) is 27.8. The summed E-state index contributed by atoms with van der Waals surface area (Å²) in [6.07, 6.45) is -0.0343. The average Bonchev–Trinajstić information content (AvgIpc) is 2.74. The van der Waals surface area contributed by atoms with Crippen molar-refractivity contribution in [3.8, 4) is 0 Å². The maximum absolute atomic E-state index is 15.3. The van der Waals surface area contributed by atoms with Gasteiger partial charge in [0.1, 0.15) is 10.7 Å². The van der Waals surface area contributed by atoms with E-state index in [1.807, 2.05) is 0 Å². The third-order valence-corrected chi connectivity index (χ3v) is 7.18. The molecule has 9 heteroatoms. The molecular formula is C27H35F3O5S. The van der Waals surface area contributed by atoms with Gasteiger partial charge in [0.25, 0.3) is 10.1 Å². The highest BCUT2D eigenvalue weighted by Gasteiger charge is 2.33. The summed E-state index contributed by atoms with van der Waals surface area (Å²) in [6.45, 7) is 14.0. The molecule has 2 aromatic rings. The number of ether oxygens (including phenoxy) is 1. The van der Waals surface area contributed by atoms with E-state index in [-0.39, 0.29) is 34.3 Å². The second-order valence-electron chi connectivity index (χ2n) is 11.3. The zero-order valence-corrected chi connectivity index (χ0v) is 22.9. The summed E-state index contributed by atoms with van der Waals surface area (Å²) in [5.41, 5.74) is -0.466. The molecule has 0 spiro atoms. The molecule has 0 fully saturated rings. The van der Waals surface area contributed by atoms with E-state index in [1.165, 1.54) is 14.0 Å². The third kappa shape index (κ3) is 6.48. The molecule has 0 radical (unpaired) electrons. The summed E-state index contributed by atoms with van der Waals surface area (Å²) in [5.74, 6) is -5.56. The first kappa shape index (κ1) is 29.8. The highest BCUT2D eigenvalue weighted by Crippen LogP contribution is 2.43. The summed E-state index contributed by atoms with van der Waals surface area (Å²) < 4.78 is 82.3. The van der Waals surface area contributed by atoms with Gasteiger partial charge < -0.3 is 4.74 Å². The van der Waals surface area contributed by atoms with Gasteiger partial charge in [-0.05, 0) is 46.8 Å². The normalized spacial score (nSPS) is 13.6. The topological polar surface area (TPSA) is 80.7 Å². The number of rotatable bonds is 7. The summed E-state index contributed by atoms with van der Waals surface area (Å²) in [7, 11) is -4.02. The van der Waals surface area contributed by atoms with Gasteiger partial charge >= 0.3 is 5.97 Å². The molecule has 0 saturated heterocycles. The van der Waals surface area contributed by atoms with Crippen molar-refractivity contribution >= 4 is 16.1 Å². The first-order valence-corrected chi connectivity index (χ1v) is 13.1. The number of hydrogen-bond acceptors (Lipinski definition) is 4. The van der Waals surface area contributed by atoms with Gasteiger partial charge in [-0.25, -0.2) is 18.0 Å². The van der Waals surface area contributed by atoms with Crippen molar-refractivity contribution in [2.45, 2.75) is 78.5 Å². The van der Waals surface area contributed by atoms with Crippen LogP contribution in [0.1, 0.15) is 93.4 Å². The van der Waals surface area contributed by atoms with Gasteiger partial charge in [0.2, 0.25) is 0 Å². The molecule has 1 N–H and O–H groups in total. The van der Waals surface area contributed by atoms with E-state index < -0.39 is 56.0 Å². The lowest BCUT2D eigenvalue weighted by atomic mass is 9.69. The monoisotopic (exact) mass is 528 g/mol. The van der Waals surface area contributed by atoms with E-state index in [0.717, 1.165) is 12.0 Å². The molecule has 0 heterocycles. The maximum atomic E-state index is 15.3. The van der Waals surface area contributed by atoms with Crippen LogP contribution in [0.5, 0.6) is 0 Å². The van der Waals surface area contributed by atoms with Gasteiger partial charge in [0.05, 0.1) is 12.7 Å². The molecule has 0 aliphatic carbocycles. The first-order valence-electron chi connectivity index (χ1n) is 11.7. The molecule has 0 saturated carbocycles. The van der Waals surface area contributed by atoms with Crippen LogP contribution in [-0.2, 0) is 27.7 Å². The molecule has 1 atom stereocenters. The Morgan fingerprint density at radius 3 is 2.03 bits per heavy atom. The molecule has 0 amide bonds. The SMILES string of the molecule is CCc1c(F)c(Cc2ccc(C(CC(C)(C)C)C(C)(C)C)cc2C(=O)OC)c(F)c(F)c1S(=O)(=O)O. The van der Waals surface area contributed by atoms with Gasteiger partial charge in [-0.3, -0.25) is 4.55 Å². The van der Waals surface area contributed by atoms with Crippen LogP contribution in [0.25, 0.3) is 0 Å². The number of carbonyl (C=O) groups is 1. The molecule has 2 rings (SSSR count). The molecule has 0 bridgehead atoms. The minimum absolute atomic E-state index is 0.0167. The quantitative estimate of drug-likeness (QED) is 0.241. The summed E-state index contributed by atoms with van der Waals surface area (Å²) in [4.78, 5) is 11.3. The van der Waals surface area contributed by atoms with Crippen LogP contribution >= 0.6 is 0 Å². The lowest BCUT2D eigenvalue weighted by Crippen LogP contribution is -2.24. The van der Waals surface area contributed by atoms with Gasteiger partial charge in [0, 0.05) is 17.5 Å². The van der Waals surface area contributed by atoms with E-state index in [0.29, 0.717) is 0 Å². The number of methoxy groups -OCH3 is 1. The Labute approximate surface area is 211 Å². The second kappa shape index (κ2) is 10.5. The van der Waals surface area contributed by atoms with E-state index in [2.05, 4.69) is 41.5 Å². The van der Waals surface area contributed by atoms with Crippen molar-refractivity contribution in [2.24, 2.45) is 10.8 Å². The molecule has 2 aromatic carbocycles. The Bertz CT molecular complexity index is 1260. The fourth-order valence-corrected chi connectivity index (χ4v) is 5.34. The molecule has 200 valence electrons. The Morgan fingerprint density at radius 2 is 1.58 bits per heavy atom. The summed E-state index contributed by atoms with van der Waals surface area (Å²) in [5, 5.41) is 0. The van der Waals surface area contributed by atoms with Crippen molar-refractivity contribution in [2.75, 3.05) is 7.11 Å². The minimum atomic E-state index is -5.21. The number of halogens is 3. The predicted octanol–water partition coefficient (Wildman–Crippen LogP) is 6.86. The fraction of sp³-hybridized carbons (Fsp3) is 0.519. The predicted molar refractivity (Wildman–Crippen MR) is 132 cm³/mol.